The molecule has 1 heterocycles. The Bertz CT molecular complexity index is 832. The van der Waals surface area contributed by atoms with E-state index in [2.05, 4.69) is 12.2 Å². The molecule has 1 aliphatic heterocycles. The van der Waals surface area contributed by atoms with E-state index in [0.29, 0.717) is 36.5 Å². The maximum Gasteiger partial charge on any atom is 0.258 e. The van der Waals surface area contributed by atoms with Crippen LogP contribution in [0.2, 0.25) is 5.02 Å². The highest BCUT2D eigenvalue weighted by atomic mass is 35.5. The first-order chi connectivity index (χ1) is 13.6. The lowest BCUT2D eigenvalue weighted by Crippen LogP contribution is -2.47. The average Bonchev–Trinajstić information content (AvgIpc) is 2.73. The zero-order valence-electron chi connectivity index (χ0n) is 16.0. The average molecular weight is 401 g/mol. The van der Waals surface area contributed by atoms with Crippen molar-refractivity contribution in [2.45, 2.75) is 32.2 Å². The van der Waals surface area contributed by atoms with Gasteiger partial charge < -0.3 is 15.0 Å². The highest BCUT2D eigenvalue weighted by molar-refractivity contribution is 6.33. The number of para-hydroxylation sites is 1. The summed E-state index contributed by atoms with van der Waals surface area (Å²) in [7, 11) is 0. The monoisotopic (exact) mass is 400 g/mol. The van der Waals surface area contributed by atoms with Gasteiger partial charge in [0.15, 0.2) is 6.61 Å². The van der Waals surface area contributed by atoms with Crippen molar-refractivity contribution >= 4 is 23.4 Å². The number of nitrogens with zero attached hydrogens (tertiary/aromatic N) is 1. The Balaban J connectivity index is 1.46. The first kappa shape index (κ1) is 20.2. The van der Waals surface area contributed by atoms with E-state index in [0.717, 1.165) is 17.7 Å². The number of nitrogens with one attached hydrogen (secondary N) is 1. The van der Waals surface area contributed by atoms with Crippen LogP contribution in [0.1, 0.15) is 35.7 Å². The van der Waals surface area contributed by atoms with Crippen molar-refractivity contribution in [2.24, 2.45) is 0 Å². The minimum Gasteiger partial charge on any atom is -0.483 e. The Morgan fingerprint density at radius 1 is 1.11 bits per heavy atom. The van der Waals surface area contributed by atoms with Gasteiger partial charge >= 0.3 is 0 Å². The molecular weight excluding hydrogens is 376 g/mol. The number of hydrogen-bond donors (Lipinski definition) is 1. The predicted molar refractivity (Wildman–Crippen MR) is 110 cm³/mol. The van der Waals surface area contributed by atoms with Gasteiger partial charge in [0.1, 0.15) is 5.75 Å². The van der Waals surface area contributed by atoms with Crippen molar-refractivity contribution in [1.82, 2.24) is 10.2 Å². The van der Waals surface area contributed by atoms with Crippen molar-refractivity contribution in [3.63, 3.8) is 0 Å². The van der Waals surface area contributed by atoms with Gasteiger partial charge in [0.05, 0.1) is 10.6 Å². The van der Waals surface area contributed by atoms with E-state index in [-0.39, 0.29) is 24.5 Å². The molecule has 1 aliphatic rings. The van der Waals surface area contributed by atoms with Gasteiger partial charge in [0.2, 0.25) is 0 Å². The van der Waals surface area contributed by atoms with E-state index in [4.69, 9.17) is 16.3 Å². The molecule has 148 valence electrons. The summed E-state index contributed by atoms with van der Waals surface area (Å²) in [6.07, 6.45) is 2.29. The number of ether oxygens (including phenoxy) is 1. The van der Waals surface area contributed by atoms with Gasteiger partial charge in [0, 0.05) is 19.1 Å². The molecule has 1 saturated heterocycles. The van der Waals surface area contributed by atoms with Crippen LogP contribution in [0.5, 0.6) is 5.75 Å². The van der Waals surface area contributed by atoms with Crippen LogP contribution < -0.4 is 10.1 Å². The molecule has 0 atom stereocenters. The first-order valence-electron chi connectivity index (χ1n) is 9.62. The number of aryl methyl sites for hydroxylation is 1. The van der Waals surface area contributed by atoms with E-state index in [9.17, 15) is 9.59 Å². The van der Waals surface area contributed by atoms with Gasteiger partial charge in [-0.05, 0) is 43.0 Å². The molecule has 0 aliphatic carbocycles. The number of halogens is 1. The van der Waals surface area contributed by atoms with E-state index in [1.165, 1.54) is 0 Å². The van der Waals surface area contributed by atoms with Gasteiger partial charge in [-0.25, -0.2) is 0 Å². The van der Waals surface area contributed by atoms with Crippen LogP contribution in [0.4, 0.5) is 0 Å². The zero-order chi connectivity index (χ0) is 19.9. The molecular formula is C22H25ClN2O3. The second-order valence-electron chi connectivity index (χ2n) is 6.86. The van der Waals surface area contributed by atoms with Crippen molar-refractivity contribution in [3.8, 4) is 5.75 Å². The lowest BCUT2D eigenvalue weighted by atomic mass is 10.0. The molecule has 2 aromatic carbocycles. The summed E-state index contributed by atoms with van der Waals surface area (Å²) in [5.74, 6) is 0.553. The van der Waals surface area contributed by atoms with Crippen LogP contribution >= 0.6 is 11.6 Å². The second kappa shape index (κ2) is 9.60. The summed E-state index contributed by atoms with van der Waals surface area (Å²) >= 11 is 6.12. The lowest BCUT2D eigenvalue weighted by molar-refractivity contribution is -0.124. The molecule has 0 bridgehead atoms. The number of hydrogen-bond acceptors (Lipinski definition) is 3. The Morgan fingerprint density at radius 3 is 2.50 bits per heavy atom. The number of rotatable bonds is 6. The van der Waals surface area contributed by atoms with Crippen molar-refractivity contribution in [3.05, 3.63) is 64.7 Å². The predicted octanol–water partition coefficient (Wildman–Crippen LogP) is 3.70. The van der Waals surface area contributed by atoms with Gasteiger partial charge in [-0.15, -0.1) is 0 Å². The topological polar surface area (TPSA) is 58.6 Å². The summed E-state index contributed by atoms with van der Waals surface area (Å²) in [5.41, 5.74) is 1.61. The maximum absolute atomic E-state index is 12.6. The quantitative estimate of drug-likeness (QED) is 0.804. The van der Waals surface area contributed by atoms with Crippen LogP contribution in [-0.2, 0) is 11.2 Å². The summed E-state index contributed by atoms with van der Waals surface area (Å²) < 4.78 is 5.67. The maximum atomic E-state index is 12.6. The molecule has 0 unspecified atom stereocenters. The Hall–Kier alpha value is -2.53. The lowest BCUT2D eigenvalue weighted by Gasteiger charge is -2.32. The summed E-state index contributed by atoms with van der Waals surface area (Å²) in [6.45, 7) is 3.23. The van der Waals surface area contributed by atoms with E-state index in [1.807, 2.05) is 36.4 Å². The minimum absolute atomic E-state index is 0.00419. The minimum atomic E-state index is -0.137. The van der Waals surface area contributed by atoms with Crippen LogP contribution in [0.25, 0.3) is 0 Å². The third-order valence-corrected chi connectivity index (χ3v) is 5.29. The molecule has 0 radical (unpaired) electrons. The van der Waals surface area contributed by atoms with E-state index < -0.39 is 0 Å². The molecule has 5 nitrogen and oxygen atoms in total. The molecule has 1 fully saturated rings. The number of amides is 2. The van der Waals surface area contributed by atoms with Crippen LogP contribution in [-0.4, -0.2) is 42.5 Å². The largest absolute Gasteiger partial charge is 0.483 e. The Labute approximate surface area is 170 Å². The van der Waals surface area contributed by atoms with E-state index in [1.54, 1.807) is 17.0 Å². The van der Waals surface area contributed by atoms with Crippen LogP contribution in [0, 0.1) is 0 Å². The van der Waals surface area contributed by atoms with Gasteiger partial charge in [0.25, 0.3) is 11.8 Å². The number of carbonyl (C=O) groups is 2. The SMILES string of the molecule is CCc1ccccc1OCC(=O)NC1CCN(C(=O)c2ccccc2Cl)CC1. The van der Waals surface area contributed by atoms with Crippen LogP contribution in [0.15, 0.2) is 48.5 Å². The molecule has 28 heavy (non-hydrogen) atoms. The molecule has 0 aromatic heterocycles. The summed E-state index contributed by atoms with van der Waals surface area (Å²) in [5, 5.41) is 3.47. The summed E-state index contributed by atoms with van der Waals surface area (Å²) in [4.78, 5) is 26.6. The van der Waals surface area contributed by atoms with Crippen molar-refractivity contribution < 1.29 is 14.3 Å². The fourth-order valence-electron chi connectivity index (χ4n) is 3.38. The number of benzene rings is 2. The van der Waals surface area contributed by atoms with Gasteiger partial charge in [-0.2, -0.15) is 0 Å². The van der Waals surface area contributed by atoms with Crippen molar-refractivity contribution in [2.75, 3.05) is 19.7 Å². The fraction of sp³-hybridized carbons (Fsp3) is 0.364. The first-order valence-corrected chi connectivity index (χ1v) is 10.00. The van der Waals surface area contributed by atoms with Crippen LogP contribution in [0.3, 0.4) is 0 Å². The molecule has 3 rings (SSSR count). The molecule has 0 saturated carbocycles. The third-order valence-electron chi connectivity index (χ3n) is 4.96. The van der Waals surface area contributed by atoms with Gasteiger partial charge in [-0.3, -0.25) is 9.59 Å². The second-order valence-corrected chi connectivity index (χ2v) is 7.27. The third kappa shape index (κ3) is 5.04. The normalized spacial score (nSPS) is 14.6. The molecule has 2 aromatic rings. The van der Waals surface area contributed by atoms with Gasteiger partial charge in [-0.1, -0.05) is 48.9 Å². The Kier molecular flexibility index (Phi) is 6.93. The number of likely N-dealkylation sites (tertiary alicyclic amines) is 1. The highest BCUT2D eigenvalue weighted by Gasteiger charge is 2.25. The molecule has 2 amide bonds. The molecule has 0 spiro atoms. The van der Waals surface area contributed by atoms with Crippen molar-refractivity contribution in [1.29, 1.82) is 0 Å². The smallest absolute Gasteiger partial charge is 0.258 e. The van der Waals surface area contributed by atoms with E-state index >= 15 is 0 Å². The Morgan fingerprint density at radius 2 is 1.79 bits per heavy atom. The number of carbonyl (C=O) groups excluding carboxylic acids is 2. The molecule has 1 N–H and O–H groups in total. The zero-order valence-corrected chi connectivity index (χ0v) is 16.7. The highest BCUT2D eigenvalue weighted by Crippen LogP contribution is 2.20. The fourth-order valence-corrected chi connectivity index (χ4v) is 3.60. The summed E-state index contributed by atoms with van der Waals surface area (Å²) in [6, 6.07) is 14.9. The number of piperidine rings is 1. The molecule has 6 heteroatoms. The standard InChI is InChI=1S/C22H25ClN2O3/c1-2-16-7-3-6-10-20(16)28-15-21(26)24-17-11-13-25(14-12-17)22(27)18-8-4-5-9-19(18)23/h3-10,17H,2,11-15H2,1H3,(H,24,26).